The quantitative estimate of drug-likeness (QED) is 0.721. The first-order valence-electron chi connectivity index (χ1n) is 9.91. The lowest BCUT2D eigenvalue weighted by molar-refractivity contribution is 0.0360. The highest BCUT2D eigenvalue weighted by molar-refractivity contribution is 7.91. The van der Waals surface area contributed by atoms with Crippen molar-refractivity contribution < 1.29 is 26.4 Å². The predicted molar refractivity (Wildman–Crippen MR) is 116 cm³/mol. The average molecular weight is 460 g/mol. The van der Waals surface area contributed by atoms with Crippen molar-refractivity contribution >= 4 is 25.8 Å². The Morgan fingerprint density at radius 2 is 1.57 bits per heavy atom. The molecule has 30 heavy (non-hydrogen) atoms. The first-order valence-corrected chi connectivity index (χ1v) is 13.5. The van der Waals surface area contributed by atoms with Gasteiger partial charge in [-0.05, 0) is 76.1 Å². The van der Waals surface area contributed by atoms with Crippen molar-refractivity contribution in [2.45, 2.75) is 75.3 Å². The SMILES string of the molecule is CC(C)(C)OC(=O)NC1(C)CCC(CS(=O)(=O)c2ccc(S(C)(=O)=O)cc2)C1(C)C. The molecule has 0 bridgehead atoms. The van der Waals surface area contributed by atoms with Gasteiger partial charge in [-0.25, -0.2) is 21.6 Å². The molecule has 1 aliphatic rings. The third-order valence-electron chi connectivity index (χ3n) is 6.24. The molecule has 0 saturated heterocycles. The molecule has 2 atom stereocenters. The Hall–Kier alpha value is -1.61. The van der Waals surface area contributed by atoms with Crippen LogP contribution in [0.25, 0.3) is 0 Å². The second-order valence-corrected chi connectivity index (χ2v) is 14.0. The molecule has 2 rings (SSSR count). The summed E-state index contributed by atoms with van der Waals surface area (Å²) in [6.45, 7) is 11.2. The van der Waals surface area contributed by atoms with E-state index in [1.165, 1.54) is 24.3 Å². The summed E-state index contributed by atoms with van der Waals surface area (Å²) in [6, 6.07) is 5.31. The number of sulfone groups is 2. The lowest BCUT2D eigenvalue weighted by Gasteiger charge is -2.42. The maximum atomic E-state index is 13.0. The van der Waals surface area contributed by atoms with E-state index in [9.17, 15) is 21.6 Å². The summed E-state index contributed by atoms with van der Waals surface area (Å²) in [7, 11) is -7.02. The average Bonchev–Trinajstić information content (AvgIpc) is 2.75. The van der Waals surface area contributed by atoms with Crippen LogP contribution in [0.1, 0.15) is 54.4 Å². The van der Waals surface area contributed by atoms with Gasteiger partial charge in [-0.2, -0.15) is 0 Å². The third-order valence-corrected chi connectivity index (χ3v) is 9.20. The zero-order valence-electron chi connectivity index (χ0n) is 18.8. The molecule has 1 aliphatic carbocycles. The van der Waals surface area contributed by atoms with E-state index in [4.69, 9.17) is 4.74 Å². The normalized spacial score (nSPS) is 24.4. The van der Waals surface area contributed by atoms with Gasteiger partial charge >= 0.3 is 6.09 Å². The zero-order valence-corrected chi connectivity index (χ0v) is 20.4. The monoisotopic (exact) mass is 459 g/mol. The molecule has 1 amide bonds. The maximum absolute atomic E-state index is 13.0. The molecule has 1 fully saturated rings. The van der Waals surface area contributed by atoms with E-state index < -0.39 is 42.3 Å². The third kappa shape index (κ3) is 5.35. The van der Waals surface area contributed by atoms with Crippen molar-refractivity contribution in [3.8, 4) is 0 Å². The topological polar surface area (TPSA) is 107 Å². The van der Waals surface area contributed by atoms with Crippen LogP contribution < -0.4 is 5.32 Å². The molecule has 9 heteroatoms. The Morgan fingerprint density at radius 1 is 1.07 bits per heavy atom. The largest absolute Gasteiger partial charge is 0.444 e. The van der Waals surface area contributed by atoms with Crippen LogP contribution in [0.5, 0.6) is 0 Å². The number of nitrogens with one attached hydrogen (secondary N) is 1. The van der Waals surface area contributed by atoms with E-state index in [-0.39, 0.29) is 21.5 Å². The fraction of sp³-hybridized carbons (Fsp3) is 0.667. The standard InChI is InChI=1S/C21H33NO6S2/c1-19(2,3)28-18(23)22-21(6)13-12-15(20(21,4)5)14-30(26,27)17-10-8-16(9-11-17)29(7,24)25/h8-11,15H,12-14H2,1-7H3,(H,22,23). The molecule has 0 heterocycles. The van der Waals surface area contributed by atoms with Gasteiger partial charge in [-0.15, -0.1) is 0 Å². The predicted octanol–water partition coefficient (Wildman–Crippen LogP) is 3.58. The highest BCUT2D eigenvalue weighted by Gasteiger charge is 2.53. The fourth-order valence-corrected chi connectivity index (χ4v) is 6.38. The Kier molecular flexibility index (Phi) is 6.43. The first kappa shape index (κ1) is 24.7. The van der Waals surface area contributed by atoms with Crippen molar-refractivity contribution in [1.82, 2.24) is 5.32 Å². The molecule has 170 valence electrons. The lowest BCUT2D eigenvalue weighted by Crippen LogP contribution is -2.55. The molecule has 1 saturated carbocycles. The number of rotatable bonds is 5. The smallest absolute Gasteiger partial charge is 0.408 e. The van der Waals surface area contributed by atoms with Gasteiger partial charge in [0.15, 0.2) is 19.7 Å². The minimum absolute atomic E-state index is 0.0796. The molecule has 0 radical (unpaired) electrons. The Balaban J connectivity index is 2.20. The minimum Gasteiger partial charge on any atom is -0.444 e. The summed E-state index contributed by atoms with van der Waals surface area (Å²) in [5.74, 6) is -0.263. The van der Waals surface area contributed by atoms with Crippen LogP contribution in [0.15, 0.2) is 34.1 Å². The number of hydrogen-bond donors (Lipinski definition) is 1. The number of ether oxygens (including phenoxy) is 1. The van der Waals surface area contributed by atoms with Crippen LogP contribution in [0.2, 0.25) is 0 Å². The number of alkyl carbamates (subject to hydrolysis) is 1. The molecule has 2 unspecified atom stereocenters. The van der Waals surface area contributed by atoms with Crippen LogP contribution in [-0.4, -0.2) is 46.1 Å². The highest BCUT2D eigenvalue weighted by atomic mass is 32.2. The summed E-state index contributed by atoms with van der Waals surface area (Å²) in [5.41, 5.74) is -1.73. The summed E-state index contributed by atoms with van der Waals surface area (Å²) in [6.07, 6.45) is 1.83. The van der Waals surface area contributed by atoms with Gasteiger partial charge in [0.1, 0.15) is 5.60 Å². The molecule has 1 N–H and O–H groups in total. The number of benzene rings is 1. The molecular weight excluding hydrogens is 426 g/mol. The van der Waals surface area contributed by atoms with Crippen molar-refractivity contribution in [2.24, 2.45) is 11.3 Å². The van der Waals surface area contributed by atoms with Crippen molar-refractivity contribution in [3.63, 3.8) is 0 Å². The van der Waals surface area contributed by atoms with Crippen LogP contribution >= 0.6 is 0 Å². The number of carbonyl (C=O) groups excluding carboxylic acids is 1. The van der Waals surface area contributed by atoms with E-state index >= 15 is 0 Å². The zero-order chi connectivity index (χ0) is 23.2. The summed E-state index contributed by atoms with van der Waals surface area (Å²) < 4.78 is 54.6. The fourth-order valence-electron chi connectivity index (χ4n) is 3.90. The van der Waals surface area contributed by atoms with Gasteiger partial charge in [-0.1, -0.05) is 13.8 Å². The number of carbonyl (C=O) groups is 1. The molecule has 1 aromatic carbocycles. The molecule has 7 nitrogen and oxygen atoms in total. The lowest BCUT2D eigenvalue weighted by atomic mass is 9.72. The Bertz CT molecular complexity index is 1000. The number of amides is 1. The van der Waals surface area contributed by atoms with Crippen LogP contribution in [0.3, 0.4) is 0 Å². The van der Waals surface area contributed by atoms with E-state index in [0.29, 0.717) is 12.8 Å². The van der Waals surface area contributed by atoms with E-state index in [1.54, 1.807) is 20.8 Å². The first-order chi connectivity index (χ1) is 13.4. The molecule has 0 aliphatic heterocycles. The van der Waals surface area contributed by atoms with Gasteiger partial charge in [-0.3, -0.25) is 0 Å². The van der Waals surface area contributed by atoms with Crippen LogP contribution in [-0.2, 0) is 24.4 Å². The minimum atomic E-state index is -3.62. The highest BCUT2D eigenvalue weighted by Crippen LogP contribution is 2.51. The van der Waals surface area contributed by atoms with Crippen LogP contribution in [0.4, 0.5) is 4.79 Å². The molecule has 0 aromatic heterocycles. The van der Waals surface area contributed by atoms with Gasteiger partial charge in [0.25, 0.3) is 0 Å². The Morgan fingerprint density at radius 3 is 2.03 bits per heavy atom. The summed E-state index contributed by atoms with van der Waals surface area (Å²) in [4.78, 5) is 12.5. The van der Waals surface area contributed by atoms with Gasteiger partial charge in [0.2, 0.25) is 0 Å². The van der Waals surface area contributed by atoms with Crippen LogP contribution in [0, 0.1) is 11.3 Å². The molecular formula is C21H33NO6S2. The maximum Gasteiger partial charge on any atom is 0.408 e. The van der Waals surface area contributed by atoms with E-state index in [2.05, 4.69) is 5.32 Å². The molecule has 0 spiro atoms. The summed E-state index contributed by atoms with van der Waals surface area (Å²) in [5, 5.41) is 2.96. The van der Waals surface area contributed by atoms with Gasteiger partial charge in [0.05, 0.1) is 15.5 Å². The van der Waals surface area contributed by atoms with Crippen molar-refractivity contribution in [2.75, 3.05) is 12.0 Å². The van der Waals surface area contributed by atoms with Gasteiger partial charge in [0, 0.05) is 11.8 Å². The Labute approximate surface area is 180 Å². The number of hydrogen-bond acceptors (Lipinski definition) is 6. The molecule has 1 aromatic rings. The van der Waals surface area contributed by atoms with E-state index in [0.717, 1.165) is 6.26 Å². The second kappa shape index (κ2) is 7.82. The second-order valence-electron chi connectivity index (χ2n) is 9.94. The van der Waals surface area contributed by atoms with Crippen molar-refractivity contribution in [3.05, 3.63) is 24.3 Å². The van der Waals surface area contributed by atoms with E-state index in [1.807, 2.05) is 20.8 Å². The summed E-state index contributed by atoms with van der Waals surface area (Å²) >= 11 is 0. The van der Waals surface area contributed by atoms with Gasteiger partial charge < -0.3 is 10.1 Å². The van der Waals surface area contributed by atoms with Crippen molar-refractivity contribution in [1.29, 1.82) is 0 Å².